The van der Waals surface area contributed by atoms with Gasteiger partial charge in [-0.2, -0.15) is 0 Å². The standard InChI is InChI=1S/C17H31NO2S/c1-2-3-4-5-21(19,20)12-16(18)17-9-13-6-14(10-17)8-15(7-13)11-17/h13-16H,2-12,18H2,1H3. The summed E-state index contributed by atoms with van der Waals surface area (Å²) < 4.78 is 24.7. The summed E-state index contributed by atoms with van der Waals surface area (Å²) in [5.41, 5.74) is 6.64. The zero-order valence-electron chi connectivity index (χ0n) is 13.4. The van der Waals surface area contributed by atoms with Gasteiger partial charge in [-0.3, -0.25) is 0 Å². The van der Waals surface area contributed by atoms with Crippen molar-refractivity contribution in [1.82, 2.24) is 0 Å². The zero-order chi connectivity index (χ0) is 15.1. The predicted molar refractivity (Wildman–Crippen MR) is 86.8 cm³/mol. The highest BCUT2D eigenvalue weighted by Crippen LogP contribution is 2.61. The van der Waals surface area contributed by atoms with Gasteiger partial charge in [0.15, 0.2) is 9.84 Å². The van der Waals surface area contributed by atoms with Gasteiger partial charge in [0.2, 0.25) is 0 Å². The molecule has 4 aliphatic carbocycles. The molecule has 21 heavy (non-hydrogen) atoms. The molecule has 0 radical (unpaired) electrons. The SMILES string of the molecule is CCCCCS(=O)(=O)CC(N)C12CC3CC(CC(C3)C1)C2. The first-order valence-electron chi connectivity index (χ1n) is 8.88. The molecule has 0 aromatic heterocycles. The van der Waals surface area contributed by atoms with Crippen molar-refractivity contribution in [2.24, 2.45) is 28.9 Å². The molecule has 4 heteroatoms. The van der Waals surface area contributed by atoms with Crippen LogP contribution in [0.4, 0.5) is 0 Å². The minimum Gasteiger partial charge on any atom is -0.326 e. The molecule has 4 bridgehead atoms. The monoisotopic (exact) mass is 313 g/mol. The summed E-state index contributed by atoms with van der Waals surface area (Å²) in [4.78, 5) is 0. The van der Waals surface area contributed by atoms with Gasteiger partial charge in [-0.1, -0.05) is 19.8 Å². The largest absolute Gasteiger partial charge is 0.326 e. The number of unbranched alkanes of at least 4 members (excludes halogenated alkanes) is 2. The fourth-order valence-corrected chi connectivity index (χ4v) is 7.45. The Morgan fingerprint density at radius 2 is 1.57 bits per heavy atom. The van der Waals surface area contributed by atoms with Crippen molar-refractivity contribution >= 4 is 9.84 Å². The maximum atomic E-state index is 12.3. The molecule has 0 spiro atoms. The fraction of sp³-hybridized carbons (Fsp3) is 1.00. The van der Waals surface area contributed by atoms with Crippen LogP contribution in [0, 0.1) is 23.2 Å². The molecule has 4 rings (SSSR count). The summed E-state index contributed by atoms with van der Waals surface area (Å²) in [6, 6.07) is -0.127. The molecule has 4 fully saturated rings. The van der Waals surface area contributed by atoms with Crippen LogP contribution in [0.1, 0.15) is 64.7 Å². The van der Waals surface area contributed by atoms with Crippen molar-refractivity contribution in [3.05, 3.63) is 0 Å². The van der Waals surface area contributed by atoms with Crippen molar-refractivity contribution in [2.45, 2.75) is 70.8 Å². The third-order valence-corrected chi connectivity index (χ3v) is 8.14. The summed E-state index contributed by atoms with van der Waals surface area (Å²) in [6.45, 7) is 2.10. The Labute approximate surface area is 130 Å². The van der Waals surface area contributed by atoms with Crippen LogP contribution < -0.4 is 5.73 Å². The van der Waals surface area contributed by atoms with Gasteiger partial charge < -0.3 is 5.73 Å². The Morgan fingerprint density at radius 1 is 1.05 bits per heavy atom. The van der Waals surface area contributed by atoms with E-state index in [1.54, 1.807) is 0 Å². The van der Waals surface area contributed by atoms with Crippen molar-refractivity contribution in [3.63, 3.8) is 0 Å². The average Bonchev–Trinajstić information content (AvgIpc) is 2.36. The summed E-state index contributed by atoms with van der Waals surface area (Å²) >= 11 is 0. The Balaban J connectivity index is 1.64. The van der Waals surface area contributed by atoms with Gasteiger partial charge in [0.1, 0.15) is 0 Å². The highest BCUT2D eigenvalue weighted by molar-refractivity contribution is 7.91. The minimum absolute atomic E-state index is 0.127. The van der Waals surface area contributed by atoms with Crippen molar-refractivity contribution in [2.75, 3.05) is 11.5 Å². The van der Waals surface area contributed by atoms with Crippen LogP contribution in [0.25, 0.3) is 0 Å². The van der Waals surface area contributed by atoms with Crippen LogP contribution >= 0.6 is 0 Å². The van der Waals surface area contributed by atoms with E-state index in [2.05, 4.69) is 6.92 Å². The van der Waals surface area contributed by atoms with Crippen molar-refractivity contribution in [3.8, 4) is 0 Å². The fourth-order valence-electron chi connectivity index (χ4n) is 5.74. The molecular formula is C17H31NO2S. The van der Waals surface area contributed by atoms with Crippen LogP contribution in [0.2, 0.25) is 0 Å². The lowest BCUT2D eigenvalue weighted by atomic mass is 9.48. The van der Waals surface area contributed by atoms with Gasteiger partial charge in [0.05, 0.1) is 11.5 Å². The van der Waals surface area contributed by atoms with Gasteiger partial charge in [0.25, 0.3) is 0 Å². The van der Waals surface area contributed by atoms with Crippen LogP contribution in [-0.2, 0) is 9.84 Å². The molecule has 0 amide bonds. The molecule has 0 saturated heterocycles. The smallest absolute Gasteiger partial charge is 0.151 e. The van der Waals surface area contributed by atoms with Gasteiger partial charge in [-0.15, -0.1) is 0 Å². The van der Waals surface area contributed by atoms with Gasteiger partial charge in [-0.05, 0) is 68.1 Å². The number of nitrogens with two attached hydrogens (primary N) is 1. The molecule has 3 nitrogen and oxygen atoms in total. The number of hydrogen-bond acceptors (Lipinski definition) is 3. The van der Waals surface area contributed by atoms with E-state index in [0.29, 0.717) is 5.75 Å². The van der Waals surface area contributed by atoms with E-state index < -0.39 is 9.84 Å². The maximum Gasteiger partial charge on any atom is 0.151 e. The topological polar surface area (TPSA) is 60.2 Å². The van der Waals surface area contributed by atoms with E-state index in [1.807, 2.05) is 0 Å². The Hall–Kier alpha value is -0.0900. The van der Waals surface area contributed by atoms with Gasteiger partial charge in [0, 0.05) is 6.04 Å². The summed E-state index contributed by atoms with van der Waals surface area (Å²) in [7, 11) is -2.97. The molecule has 0 aliphatic heterocycles. The summed E-state index contributed by atoms with van der Waals surface area (Å²) in [5, 5.41) is 0. The van der Waals surface area contributed by atoms with Crippen LogP contribution in [0.3, 0.4) is 0 Å². The van der Waals surface area contributed by atoms with E-state index in [-0.39, 0.29) is 17.2 Å². The van der Waals surface area contributed by atoms with Gasteiger partial charge in [-0.25, -0.2) is 8.42 Å². The van der Waals surface area contributed by atoms with E-state index >= 15 is 0 Å². The molecule has 1 atom stereocenters. The van der Waals surface area contributed by atoms with Crippen molar-refractivity contribution in [1.29, 1.82) is 0 Å². The molecule has 2 N–H and O–H groups in total. The Bertz CT molecular complexity index is 436. The van der Waals surface area contributed by atoms with Crippen molar-refractivity contribution < 1.29 is 8.42 Å². The molecule has 0 heterocycles. The zero-order valence-corrected chi connectivity index (χ0v) is 14.2. The average molecular weight is 314 g/mol. The molecule has 1 unspecified atom stereocenters. The lowest BCUT2D eigenvalue weighted by Crippen LogP contribution is -2.56. The third-order valence-electron chi connectivity index (χ3n) is 6.36. The third kappa shape index (κ3) is 3.31. The maximum absolute atomic E-state index is 12.3. The van der Waals surface area contributed by atoms with Crippen LogP contribution in [0.15, 0.2) is 0 Å². The molecule has 4 saturated carbocycles. The van der Waals surface area contributed by atoms with E-state index in [1.165, 1.54) is 38.5 Å². The number of sulfone groups is 1. The first-order valence-corrected chi connectivity index (χ1v) is 10.7. The normalized spacial score (nSPS) is 39.6. The summed E-state index contributed by atoms with van der Waals surface area (Å²) in [6.07, 6.45) is 10.6. The van der Waals surface area contributed by atoms with E-state index in [9.17, 15) is 8.42 Å². The van der Waals surface area contributed by atoms with Crippen LogP contribution in [0.5, 0.6) is 0 Å². The number of rotatable bonds is 7. The molecule has 4 aliphatic rings. The summed E-state index contributed by atoms with van der Waals surface area (Å²) in [5.74, 6) is 3.07. The van der Waals surface area contributed by atoms with E-state index in [4.69, 9.17) is 5.73 Å². The second-order valence-electron chi connectivity index (χ2n) is 8.21. The minimum atomic E-state index is -2.97. The quantitative estimate of drug-likeness (QED) is 0.735. The highest BCUT2D eigenvalue weighted by Gasteiger charge is 2.53. The molecular weight excluding hydrogens is 282 g/mol. The van der Waals surface area contributed by atoms with Crippen LogP contribution in [-0.4, -0.2) is 26.0 Å². The lowest BCUT2D eigenvalue weighted by molar-refractivity contribution is -0.0632. The Morgan fingerprint density at radius 3 is 2.05 bits per heavy atom. The number of hydrogen-bond donors (Lipinski definition) is 1. The first-order chi connectivity index (χ1) is 9.92. The lowest BCUT2D eigenvalue weighted by Gasteiger charge is -2.58. The second-order valence-corrected chi connectivity index (χ2v) is 10.4. The molecule has 0 aromatic carbocycles. The second kappa shape index (κ2) is 5.84. The molecule has 122 valence electrons. The molecule has 0 aromatic rings. The Kier molecular flexibility index (Phi) is 4.39. The first kappa shape index (κ1) is 15.8. The van der Waals surface area contributed by atoms with E-state index in [0.717, 1.165) is 37.0 Å². The predicted octanol–water partition coefficient (Wildman–Crippen LogP) is 3.14. The van der Waals surface area contributed by atoms with Gasteiger partial charge >= 0.3 is 0 Å². The highest BCUT2D eigenvalue weighted by atomic mass is 32.2.